The van der Waals surface area contributed by atoms with E-state index < -0.39 is 0 Å². The van der Waals surface area contributed by atoms with E-state index in [9.17, 15) is 4.79 Å². The number of pyridine rings is 1. The Balaban J connectivity index is 2.64. The van der Waals surface area contributed by atoms with Crippen LogP contribution in [0.1, 0.15) is 12.5 Å². The maximum atomic E-state index is 12.1. The Kier molecular flexibility index (Phi) is 3.40. The highest BCUT2D eigenvalue weighted by atomic mass is 16.1. The van der Waals surface area contributed by atoms with Gasteiger partial charge in [-0.1, -0.05) is 36.4 Å². The second-order valence-corrected chi connectivity index (χ2v) is 3.86. The van der Waals surface area contributed by atoms with Crippen molar-refractivity contribution in [2.75, 3.05) is 0 Å². The quantitative estimate of drug-likeness (QED) is 0.873. The number of benzene rings is 1. The topological polar surface area (TPSA) is 48.0 Å². The summed E-state index contributed by atoms with van der Waals surface area (Å²) < 4.78 is 1.76. The molecule has 2 N–H and O–H groups in total. The van der Waals surface area contributed by atoms with Crippen LogP contribution in [-0.2, 0) is 13.1 Å². The maximum Gasteiger partial charge on any atom is 0.255 e. The molecule has 1 heterocycles. The molecule has 1 aromatic heterocycles. The van der Waals surface area contributed by atoms with Crippen LogP contribution in [-0.4, -0.2) is 4.57 Å². The molecule has 0 aliphatic carbocycles. The largest absolute Gasteiger partial charge is 0.326 e. The number of hydrogen-bond acceptors (Lipinski definition) is 2. The van der Waals surface area contributed by atoms with E-state index in [-0.39, 0.29) is 12.1 Å². The van der Waals surface area contributed by atoms with Gasteiger partial charge in [0.15, 0.2) is 0 Å². The minimum atomic E-state index is 0.0105. The fourth-order valence-corrected chi connectivity index (χ4v) is 1.95. The zero-order valence-corrected chi connectivity index (χ0v) is 9.89. The van der Waals surface area contributed by atoms with Crippen molar-refractivity contribution in [2.24, 2.45) is 5.73 Å². The number of aromatic nitrogens is 1. The van der Waals surface area contributed by atoms with Crippen LogP contribution < -0.4 is 11.3 Å². The van der Waals surface area contributed by atoms with Crippen LogP contribution in [0.25, 0.3) is 11.3 Å². The zero-order valence-electron chi connectivity index (χ0n) is 9.89. The lowest BCUT2D eigenvalue weighted by atomic mass is 10.1. The summed E-state index contributed by atoms with van der Waals surface area (Å²) in [7, 11) is 0. The lowest BCUT2D eigenvalue weighted by Crippen LogP contribution is -2.25. The van der Waals surface area contributed by atoms with Gasteiger partial charge in [-0.15, -0.1) is 0 Å². The van der Waals surface area contributed by atoms with Crippen molar-refractivity contribution in [1.82, 2.24) is 4.57 Å². The molecular weight excluding hydrogens is 212 g/mol. The van der Waals surface area contributed by atoms with E-state index in [1.807, 2.05) is 49.4 Å². The van der Waals surface area contributed by atoms with Crippen molar-refractivity contribution < 1.29 is 0 Å². The van der Waals surface area contributed by atoms with Crippen LogP contribution in [0, 0.1) is 0 Å². The van der Waals surface area contributed by atoms with Crippen LogP contribution in [0.4, 0.5) is 0 Å². The molecule has 0 spiro atoms. The highest BCUT2D eigenvalue weighted by Crippen LogP contribution is 2.17. The number of nitrogens with two attached hydrogens (primary N) is 1. The van der Waals surface area contributed by atoms with Gasteiger partial charge in [0.1, 0.15) is 0 Å². The first-order valence-corrected chi connectivity index (χ1v) is 5.76. The molecule has 1 aromatic carbocycles. The molecular formula is C14H16N2O. The third-order valence-corrected chi connectivity index (χ3v) is 2.86. The average Bonchev–Trinajstić information content (AvgIpc) is 2.39. The molecule has 0 aliphatic rings. The van der Waals surface area contributed by atoms with Crippen LogP contribution in [0.15, 0.2) is 47.3 Å². The Morgan fingerprint density at radius 3 is 2.41 bits per heavy atom. The first kappa shape index (κ1) is 11.6. The number of hydrogen-bond donors (Lipinski definition) is 1. The van der Waals surface area contributed by atoms with E-state index in [1.54, 1.807) is 4.57 Å². The normalized spacial score (nSPS) is 10.5. The third kappa shape index (κ3) is 2.15. The second kappa shape index (κ2) is 4.97. The molecule has 0 saturated carbocycles. The second-order valence-electron chi connectivity index (χ2n) is 3.86. The van der Waals surface area contributed by atoms with Crippen molar-refractivity contribution >= 4 is 0 Å². The Labute approximate surface area is 101 Å². The minimum Gasteiger partial charge on any atom is -0.326 e. The molecule has 2 aromatic rings. The van der Waals surface area contributed by atoms with Crippen molar-refractivity contribution in [1.29, 1.82) is 0 Å². The van der Waals surface area contributed by atoms with Crippen molar-refractivity contribution in [3.8, 4) is 11.3 Å². The predicted octanol–water partition coefficient (Wildman–Crippen LogP) is 1.99. The predicted molar refractivity (Wildman–Crippen MR) is 69.7 cm³/mol. The van der Waals surface area contributed by atoms with E-state index in [1.165, 1.54) is 0 Å². The molecule has 2 rings (SSSR count). The van der Waals surface area contributed by atoms with Gasteiger partial charge < -0.3 is 10.3 Å². The van der Waals surface area contributed by atoms with Gasteiger partial charge in [-0.2, -0.15) is 0 Å². The minimum absolute atomic E-state index is 0.0105. The molecule has 0 aliphatic heterocycles. The van der Waals surface area contributed by atoms with Crippen LogP contribution in [0.3, 0.4) is 0 Å². The van der Waals surface area contributed by atoms with Gasteiger partial charge in [-0.05, 0) is 18.6 Å². The van der Waals surface area contributed by atoms with Gasteiger partial charge in [0, 0.05) is 18.7 Å². The highest BCUT2D eigenvalue weighted by Gasteiger charge is 2.07. The molecule has 17 heavy (non-hydrogen) atoms. The molecule has 3 nitrogen and oxygen atoms in total. The van der Waals surface area contributed by atoms with Crippen LogP contribution in [0.2, 0.25) is 0 Å². The molecule has 0 bridgehead atoms. The van der Waals surface area contributed by atoms with E-state index in [4.69, 9.17) is 5.73 Å². The number of rotatable bonds is 3. The fourth-order valence-electron chi connectivity index (χ4n) is 1.95. The molecule has 3 heteroatoms. The lowest BCUT2D eigenvalue weighted by Gasteiger charge is -2.12. The fraction of sp³-hybridized carbons (Fsp3) is 0.214. The summed E-state index contributed by atoms with van der Waals surface area (Å²) >= 11 is 0. The van der Waals surface area contributed by atoms with E-state index in [0.717, 1.165) is 11.3 Å². The standard InChI is InChI=1S/C14H16N2O/c1-2-16-13(11-6-4-3-5-7-11)9-8-12(10-15)14(16)17/h3-9H,2,10,15H2,1H3. The third-order valence-electron chi connectivity index (χ3n) is 2.86. The zero-order chi connectivity index (χ0) is 12.3. The Bertz CT molecular complexity index is 558. The monoisotopic (exact) mass is 228 g/mol. The van der Waals surface area contributed by atoms with E-state index >= 15 is 0 Å². The maximum absolute atomic E-state index is 12.1. The molecule has 0 radical (unpaired) electrons. The Morgan fingerprint density at radius 2 is 1.82 bits per heavy atom. The van der Waals surface area contributed by atoms with Gasteiger partial charge in [0.05, 0.1) is 5.69 Å². The number of nitrogens with zero attached hydrogens (tertiary/aromatic N) is 1. The summed E-state index contributed by atoms with van der Waals surface area (Å²) in [5.41, 5.74) is 8.21. The van der Waals surface area contributed by atoms with Gasteiger partial charge in [0.2, 0.25) is 0 Å². The molecule has 0 saturated heterocycles. The lowest BCUT2D eigenvalue weighted by molar-refractivity contribution is 0.723. The first-order chi connectivity index (χ1) is 8.27. The Hall–Kier alpha value is -1.87. The van der Waals surface area contributed by atoms with Crippen LogP contribution in [0.5, 0.6) is 0 Å². The summed E-state index contributed by atoms with van der Waals surface area (Å²) in [5, 5.41) is 0. The smallest absolute Gasteiger partial charge is 0.255 e. The summed E-state index contributed by atoms with van der Waals surface area (Å²) in [6.45, 7) is 2.90. The first-order valence-electron chi connectivity index (χ1n) is 5.76. The molecule has 0 amide bonds. The average molecular weight is 228 g/mol. The van der Waals surface area contributed by atoms with Gasteiger partial charge in [-0.3, -0.25) is 4.79 Å². The van der Waals surface area contributed by atoms with Gasteiger partial charge in [0.25, 0.3) is 5.56 Å². The van der Waals surface area contributed by atoms with Crippen molar-refractivity contribution in [2.45, 2.75) is 20.0 Å². The van der Waals surface area contributed by atoms with Crippen molar-refractivity contribution in [3.05, 3.63) is 58.4 Å². The van der Waals surface area contributed by atoms with E-state index in [2.05, 4.69) is 0 Å². The van der Waals surface area contributed by atoms with Gasteiger partial charge in [-0.25, -0.2) is 0 Å². The van der Waals surface area contributed by atoms with E-state index in [0.29, 0.717) is 12.1 Å². The molecule has 0 fully saturated rings. The summed E-state index contributed by atoms with van der Waals surface area (Å²) in [5.74, 6) is 0. The summed E-state index contributed by atoms with van der Waals surface area (Å²) in [4.78, 5) is 12.1. The van der Waals surface area contributed by atoms with Crippen molar-refractivity contribution in [3.63, 3.8) is 0 Å². The molecule has 88 valence electrons. The highest BCUT2D eigenvalue weighted by molar-refractivity contribution is 5.59. The summed E-state index contributed by atoms with van der Waals surface area (Å²) in [6, 6.07) is 13.7. The molecule has 0 atom stereocenters. The summed E-state index contributed by atoms with van der Waals surface area (Å²) in [6.07, 6.45) is 0. The SMILES string of the molecule is CCn1c(-c2ccccc2)ccc(CN)c1=O. The van der Waals surface area contributed by atoms with Crippen LogP contribution >= 0.6 is 0 Å². The Morgan fingerprint density at radius 1 is 1.12 bits per heavy atom. The molecule has 0 unspecified atom stereocenters. The van der Waals surface area contributed by atoms with Gasteiger partial charge >= 0.3 is 0 Å².